The third-order valence-electron chi connectivity index (χ3n) is 3.61. The summed E-state index contributed by atoms with van der Waals surface area (Å²) < 4.78 is 6.59. The molecule has 104 valence electrons. The van der Waals surface area contributed by atoms with Crippen LogP contribution in [-0.2, 0) is 11.2 Å². The van der Waals surface area contributed by atoms with E-state index in [9.17, 15) is 4.79 Å². The molecule has 1 atom stereocenters. The number of ether oxygens (including phenoxy) is 1. The number of anilines is 1. The zero-order valence-corrected chi connectivity index (χ0v) is 11.2. The van der Waals surface area contributed by atoms with Crippen molar-refractivity contribution in [3.05, 3.63) is 41.2 Å². The minimum Gasteiger partial charge on any atom is -0.465 e. The first-order valence-corrected chi connectivity index (χ1v) is 6.58. The van der Waals surface area contributed by atoms with Crippen LogP contribution >= 0.6 is 0 Å². The zero-order valence-electron chi connectivity index (χ0n) is 11.2. The van der Waals surface area contributed by atoms with E-state index in [1.807, 2.05) is 16.8 Å². The van der Waals surface area contributed by atoms with Crippen molar-refractivity contribution in [1.29, 1.82) is 0 Å². The number of nitrogens with zero attached hydrogens (tertiary/aromatic N) is 3. The second-order valence-electron chi connectivity index (χ2n) is 4.85. The summed E-state index contributed by atoms with van der Waals surface area (Å²) in [7, 11) is 1.38. The van der Waals surface area contributed by atoms with Gasteiger partial charge in [-0.15, -0.1) is 5.10 Å². The topological polar surface area (TPSA) is 83.0 Å². The number of rotatable bonds is 2. The number of aryl methyl sites for hydroxylation is 1. The summed E-state index contributed by atoms with van der Waals surface area (Å²) >= 11 is 0. The fraction of sp³-hybridized carbons (Fsp3) is 0.357. The predicted octanol–water partition coefficient (Wildman–Crippen LogP) is 1.57. The lowest BCUT2D eigenvalue weighted by Crippen LogP contribution is -2.20. The standard InChI is InChI=1S/C14H16N4O2/c1-20-13(19)10-7-5-9(6-8-10)11-3-2-4-12-16-14(15)17-18(11)12/h5-8,11H,2-4H2,1H3,(H2,15,17). The van der Waals surface area contributed by atoms with Gasteiger partial charge in [0.25, 0.3) is 0 Å². The smallest absolute Gasteiger partial charge is 0.337 e. The largest absolute Gasteiger partial charge is 0.465 e. The molecular weight excluding hydrogens is 256 g/mol. The molecule has 0 fully saturated rings. The molecule has 0 saturated heterocycles. The first kappa shape index (κ1) is 12.7. The third kappa shape index (κ3) is 2.13. The van der Waals surface area contributed by atoms with Crippen molar-refractivity contribution < 1.29 is 9.53 Å². The molecule has 1 aliphatic rings. The van der Waals surface area contributed by atoms with E-state index >= 15 is 0 Å². The van der Waals surface area contributed by atoms with Gasteiger partial charge in [-0.3, -0.25) is 0 Å². The Morgan fingerprint density at radius 1 is 1.40 bits per heavy atom. The van der Waals surface area contributed by atoms with Crippen LogP contribution in [0.15, 0.2) is 24.3 Å². The van der Waals surface area contributed by atoms with E-state index < -0.39 is 0 Å². The van der Waals surface area contributed by atoms with Gasteiger partial charge in [0.05, 0.1) is 18.7 Å². The molecule has 6 heteroatoms. The molecule has 0 radical (unpaired) electrons. The summed E-state index contributed by atoms with van der Waals surface area (Å²) in [6, 6.07) is 7.55. The molecule has 0 aliphatic carbocycles. The maximum absolute atomic E-state index is 11.4. The molecule has 20 heavy (non-hydrogen) atoms. The molecular formula is C14H16N4O2. The van der Waals surface area contributed by atoms with Crippen LogP contribution in [0.5, 0.6) is 0 Å². The van der Waals surface area contributed by atoms with Crippen molar-refractivity contribution in [3.63, 3.8) is 0 Å². The highest BCUT2D eigenvalue weighted by atomic mass is 16.5. The second-order valence-corrected chi connectivity index (χ2v) is 4.85. The Labute approximate surface area is 116 Å². The minimum atomic E-state index is -0.328. The highest BCUT2D eigenvalue weighted by Gasteiger charge is 2.24. The van der Waals surface area contributed by atoms with Crippen LogP contribution in [0.2, 0.25) is 0 Å². The Morgan fingerprint density at radius 3 is 2.85 bits per heavy atom. The molecule has 0 saturated carbocycles. The highest BCUT2D eigenvalue weighted by molar-refractivity contribution is 5.89. The number of fused-ring (bicyclic) bond motifs is 1. The third-order valence-corrected chi connectivity index (χ3v) is 3.61. The number of hydrogen-bond donors (Lipinski definition) is 1. The highest BCUT2D eigenvalue weighted by Crippen LogP contribution is 2.29. The lowest BCUT2D eigenvalue weighted by atomic mass is 9.97. The van der Waals surface area contributed by atoms with Crippen LogP contribution in [0.3, 0.4) is 0 Å². The van der Waals surface area contributed by atoms with Gasteiger partial charge in [-0.2, -0.15) is 4.98 Å². The van der Waals surface area contributed by atoms with Gasteiger partial charge in [0.2, 0.25) is 5.95 Å². The maximum Gasteiger partial charge on any atom is 0.337 e. The summed E-state index contributed by atoms with van der Waals surface area (Å²) in [6.07, 6.45) is 2.95. The van der Waals surface area contributed by atoms with Crippen molar-refractivity contribution >= 4 is 11.9 Å². The summed E-state index contributed by atoms with van der Waals surface area (Å²) in [5.74, 6) is 0.916. The molecule has 0 spiro atoms. The number of benzene rings is 1. The van der Waals surface area contributed by atoms with Crippen molar-refractivity contribution in [3.8, 4) is 0 Å². The Hall–Kier alpha value is -2.37. The number of methoxy groups -OCH3 is 1. The van der Waals surface area contributed by atoms with Crippen molar-refractivity contribution in [2.24, 2.45) is 0 Å². The molecule has 1 aliphatic heterocycles. The molecule has 2 aromatic rings. The molecule has 0 bridgehead atoms. The summed E-state index contributed by atoms with van der Waals surface area (Å²) in [4.78, 5) is 15.7. The van der Waals surface area contributed by atoms with Gasteiger partial charge in [0, 0.05) is 6.42 Å². The van der Waals surface area contributed by atoms with E-state index in [0.29, 0.717) is 11.5 Å². The number of carbonyl (C=O) groups is 1. The molecule has 1 aromatic heterocycles. The normalized spacial score (nSPS) is 17.6. The molecule has 1 unspecified atom stereocenters. The van der Waals surface area contributed by atoms with Crippen LogP contribution in [0, 0.1) is 0 Å². The lowest BCUT2D eigenvalue weighted by Gasteiger charge is -2.23. The van der Waals surface area contributed by atoms with E-state index in [1.165, 1.54) is 7.11 Å². The van der Waals surface area contributed by atoms with Crippen molar-refractivity contribution in [2.45, 2.75) is 25.3 Å². The Morgan fingerprint density at radius 2 is 2.15 bits per heavy atom. The molecule has 0 amide bonds. The van der Waals surface area contributed by atoms with Gasteiger partial charge in [0.15, 0.2) is 0 Å². The number of carbonyl (C=O) groups excluding carboxylic acids is 1. The van der Waals surface area contributed by atoms with Crippen LogP contribution < -0.4 is 5.73 Å². The maximum atomic E-state index is 11.4. The number of nitrogen functional groups attached to an aromatic ring is 1. The molecule has 2 heterocycles. The summed E-state index contributed by atoms with van der Waals surface area (Å²) in [5.41, 5.74) is 7.32. The van der Waals surface area contributed by atoms with Gasteiger partial charge in [-0.25, -0.2) is 9.48 Å². The van der Waals surface area contributed by atoms with E-state index in [4.69, 9.17) is 10.5 Å². The molecule has 2 N–H and O–H groups in total. The monoisotopic (exact) mass is 272 g/mol. The molecule has 1 aromatic carbocycles. The van der Waals surface area contributed by atoms with Crippen LogP contribution in [0.1, 0.15) is 40.6 Å². The van der Waals surface area contributed by atoms with Gasteiger partial charge in [-0.1, -0.05) is 12.1 Å². The first-order valence-electron chi connectivity index (χ1n) is 6.58. The average Bonchev–Trinajstić information content (AvgIpc) is 2.86. The first-order chi connectivity index (χ1) is 9.69. The SMILES string of the molecule is COC(=O)c1ccc(C2CCCc3nc(N)nn32)cc1. The fourth-order valence-electron chi connectivity index (χ4n) is 2.64. The second kappa shape index (κ2) is 4.96. The van der Waals surface area contributed by atoms with E-state index in [1.54, 1.807) is 12.1 Å². The van der Waals surface area contributed by atoms with Gasteiger partial charge in [-0.05, 0) is 30.5 Å². The Balaban J connectivity index is 1.92. The summed E-state index contributed by atoms with van der Waals surface area (Å²) in [6.45, 7) is 0. The van der Waals surface area contributed by atoms with Crippen LogP contribution in [-0.4, -0.2) is 27.8 Å². The Kier molecular flexibility index (Phi) is 3.14. The lowest BCUT2D eigenvalue weighted by molar-refractivity contribution is 0.0600. The van der Waals surface area contributed by atoms with Gasteiger partial charge in [0.1, 0.15) is 5.82 Å². The van der Waals surface area contributed by atoms with E-state index in [-0.39, 0.29) is 12.0 Å². The van der Waals surface area contributed by atoms with Crippen molar-refractivity contribution in [1.82, 2.24) is 14.8 Å². The van der Waals surface area contributed by atoms with Crippen LogP contribution in [0.4, 0.5) is 5.95 Å². The molecule has 6 nitrogen and oxygen atoms in total. The van der Waals surface area contributed by atoms with Crippen LogP contribution in [0.25, 0.3) is 0 Å². The zero-order chi connectivity index (χ0) is 14.1. The van der Waals surface area contributed by atoms with Gasteiger partial charge >= 0.3 is 5.97 Å². The van der Waals surface area contributed by atoms with E-state index in [2.05, 4.69) is 10.1 Å². The predicted molar refractivity (Wildman–Crippen MR) is 73.3 cm³/mol. The quantitative estimate of drug-likeness (QED) is 0.839. The van der Waals surface area contributed by atoms with E-state index in [0.717, 1.165) is 30.7 Å². The average molecular weight is 272 g/mol. The number of aromatic nitrogens is 3. The fourth-order valence-corrected chi connectivity index (χ4v) is 2.64. The summed E-state index contributed by atoms with van der Waals surface area (Å²) in [5, 5.41) is 4.27. The number of nitrogens with two attached hydrogens (primary N) is 1. The Bertz CT molecular complexity index is 633. The van der Waals surface area contributed by atoms with Crippen molar-refractivity contribution in [2.75, 3.05) is 12.8 Å². The number of esters is 1. The number of hydrogen-bond acceptors (Lipinski definition) is 5. The molecule has 3 rings (SSSR count). The minimum absolute atomic E-state index is 0.134. The van der Waals surface area contributed by atoms with Gasteiger partial charge < -0.3 is 10.5 Å².